The predicted octanol–water partition coefficient (Wildman–Crippen LogP) is 2.96. The number of hydrogen-bond acceptors (Lipinski definition) is 5. The zero-order valence-corrected chi connectivity index (χ0v) is 15.9. The standard InChI is InChI=1S/C21H28N3O2/c1-23(2)18-9-12-24(13-10-18)14-15-26-20-8-7-17(16-21(20)25-3)19-6-4-5-11-22-19/h4-8,16,18H,9-10,12-15H2,1-3H3. The summed E-state index contributed by atoms with van der Waals surface area (Å²) in [6.45, 7) is 3.89. The summed E-state index contributed by atoms with van der Waals surface area (Å²) in [7, 11) is 6.01. The van der Waals surface area contributed by atoms with Crippen LogP contribution in [0.25, 0.3) is 11.3 Å². The number of ether oxygens (including phenoxy) is 2. The predicted molar refractivity (Wildman–Crippen MR) is 104 cm³/mol. The van der Waals surface area contributed by atoms with E-state index in [4.69, 9.17) is 9.47 Å². The van der Waals surface area contributed by atoms with Gasteiger partial charge in [-0.25, -0.2) is 4.98 Å². The van der Waals surface area contributed by atoms with Crippen LogP contribution < -0.4 is 9.47 Å². The Morgan fingerprint density at radius 2 is 2.00 bits per heavy atom. The highest BCUT2D eigenvalue weighted by Gasteiger charge is 2.20. The van der Waals surface area contributed by atoms with Crippen LogP contribution >= 0.6 is 0 Å². The van der Waals surface area contributed by atoms with Crippen LogP contribution in [0.5, 0.6) is 11.5 Å². The molecule has 5 nitrogen and oxygen atoms in total. The van der Waals surface area contributed by atoms with Crippen LogP contribution in [0.3, 0.4) is 0 Å². The van der Waals surface area contributed by atoms with Gasteiger partial charge in [0.2, 0.25) is 0 Å². The quantitative estimate of drug-likeness (QED) is 0.764. The Labute approximate surface area is 156 Å². The molecule has 1 radical (unpaired) electrons. The van der Waals surface area contributed by atoms with Gasteiger partial charge in [-0.15, -0.1) is 0 Å². The smallest absolute Gasteiger partial charge is 0.161 e. The number of methoxy groups -OCH3 is 1. The molecule has 2 aromatic rings. The number of rotatable bonds is 7. The maximum atomic E-state index is 5.99. The Hall–Kier alpha value is -2.11. The summed E-state index contributed by atoms with van der Waals surface area (Å²) in [6.07, 6.45) is 5.32. The van der Waals surface area contributed by atoms with E-state index in [1.54, 1.807) is 13.2 Å². The van der Waals surface area contributed by atoms with Gasteiger partial charge in [0.1, 0.15) is 6.61 Å². The molecule has 1 aromatic heterocycles. The van der Waals surface area contributed by atoms with Crippen molar-refractivity contribution in [3.05, 3.63) is 42.6 Å². The molecule has 1 aliphatic heterocycles. The summed E-state index contributed by atoms with van der Waals surface area (Å²) in [5.41, 5.74) is 1.87. The van der Waals surface area contributed by atoms with Gasteiger partial charge in [-0.05, 0) is 70.4 Å². The summed E-state index contributed by atoms with van der Waals surface area (Å²) in [5, 5.41) is 0. The van der Waals surface area contributed by atoms with Gasteiger partial charge in [-0.1, -0.05) is 6.07 Å². The fraction of sp³-hybridized carbons (Fsp3) is 0.476. The van der Waals surface area contributed by atoms with Crippen LogP contribution in [0.4, 0.5) is 0 Å². The van der Waals surface area contributed by atoms with Crippen LogP contribution in [0, 0.1) is 6.20 Å². The summed E-state index contributed by atoms with van der Waals surface area (Å²) in [4.78, 5) is 9.07. The highest BCUT2D eigenvalue weighted by Crippen LogP contribution is 2.31. The van der Waals surface area contributed by atoms with Crippen molar-refractivity contribution in [1.29, 1.82) is 0 Å². The van der Waals surface area contributed by atoms with Crippen molar-refractivity contribution >= 4 is 0 Å². The van der Waals surface area contributed by atoms with E-state index in [0.29, 0.717) is 12.6 Å². The van der Waals surface area contributed by atoms with Crippen LogP contribution in [-0.2, 0) is 0 Å². The molecule has 26 heavy (non-hydrogen) atoms. The van der Waals surface area contributed by atoms with Crippen LogP contribution in [0.2, 0.25) is 0 Å². The lowest BCUT2D eigenvalue weighted by molar-refractivity contribution is 0.127. The third kappa shape index (κ3) is 4.74. The Morgan fingerprint density at radius 3 is 2.65 bits per heavy atom. The molecular formula is C21H28N3O2. The number of pyridine rings is 1. The zero-order chi connectivity index (χ0) is 18.4. The second-order valence-corrected chi connectivity index (χ2v) is 6.90. The molecule has 1 fully saturated rings. The molecule has 0 spiro atoms. The Morgan fingerprint density at radius 1 is 1.19 bits per heavy atom. The number of benzene rings is 1. The lowest BCUT2D eigenvalue weighted by atomic mass is 10.0. The van der Waals surface area contributed by atoms with Crippen molar-refractivity contribution in [1.82, 2.24) is 14.8 Å². The van der Waals surface area contributed by atoms with Crippen LogP contribution in [0.1, 0.15) is 12.8 Å². The molecule has 0 atom stereocenters. The molecule has 0 aliphatic carbocycles. The maximum absolute atomic E-state index is 5.99. The molecule has 0 unspecified atom stereocenters. The first kappa shape index (κ1) is 18.7. The lowest BCUT2D eigenvalue weighted by Crippen LogP contribution is -2.43. The van der Waals surface area contributed by atoms with Gasteiger partial charge < -0.3 is 14.4 Å². The van der Waals surface area contributed by atoms with Gasteiger partial charge in [0, 0.05) is 18.2 Å². The van der Waals surface area contributed by atoms with Gasteiger partial charge in [0.05, 0.1) is 19.0 Å². The van der Waals surface area contributed by atoms with E-state index in [1.165, 1.54) is 12.8 Å². The topological polar surface area (TPSA) is 37.8 Å². The number of likely N-dealkylation sites (tertiary alicyclic amines) is 1. The minimum absolute atomic E-state index is 0.666. The first-order chi connectivity index (χ1) is 12.7. The highest BCUT2D eigenvalue weighted by atomic mass is 16.5. The van der Waals surface area contributed by atoms with Crippen LogP contribution in [-0.4, -0.2) is 68.3 Å². The van der Waals surface area contributed by atoms with E-state index >= 15 is 0 Å². The molecule has 2 heterocycles. The minimum Gasteiger partial charge on any atom is -0.493 e. The van der Waals surface area contributed by atoms with Gasteiger partial charge in [-0.2, -0.15) is 0 Å². The lowest BCUT2D eigenvalue weighted by Gasteiger charge is -2.35. The molecule has 1 aliphatic rings. The number of nitrogens with zero attached hydrogens (tertiary/aromatic N) is 3. The van der Waals surface area contributed by atoms with Gasteiger partial charge >= 0.3 is 0 Å². The van der Waals surface area contributed by atoms with E-state index in [1.807, 2.05) is 30.3 Å². The van der Waals surface area contributed by atoms with Gasteiger partial charge in [-0.3, -0.25) is 4.90 Å². The molecule has 0 saturated carbocycles. The highest BCUT2D eigenvalue weighted by molar-refractivity contribution is 5.63. The normalized spacial score (nSPS) is 16.0. The Bertz CT molecular complexity index is 683. The summed E-state index contributed by atoms with van der Waals surface area (Å²) in [5.74, 6) is 1.51. The van der Waals surface area contributed by atoms with Crippen molar-refractivity contribution in [2.45, 2.75) is 18.9 Å². The SMILES string of the molecule is COc1cc(-c2ccc[c]n2)ccc1OCCN1CCC(N(C)C)CC1. The first-order valence-electron chi connectivity index (χ1n) is 9.20. The monoisotopic (exact) mass is 354 g/mol. The molecule has 139 valence electrons. The molecule has 0 N–H and O–H groups in total. The molecule has 5 heteroatoms. The molecule has 3 rings (SSSR count). The Kier molecular flexibility index (Phi) is 6.47. The number of aromatic nitrogens is 1. The minimum atomic E-state index is 0.666. The summed E-state index contributed by atoms with van der Waals surface area (Å²) in [6, 6.07) is 12.3. The second-order valence-electron chi connectivity index (χ2n) is 6.90. The van der Waals surface area contributed by atoms with Gasteiger partial charge in [0.25, 0.3) is 0 Å². The zero-order valence-electron chi connectivity index (χ0n) is 15.9. The fourth-order valence-electron chi connectivity index (χ4n) is 3.38. The van der Waals surface area contributed by atoms with E-state index in [0.717, 1.165) is 42.4 Å². The van der Waals surface area contributed by atoms with Crippen molar-refractivity contribution in [3.8, 4) is 22.8 Å². The first-order valence-corrected chi connectivity index (χ1v) is 9.20. The van der Waals surface area contributed by atoms with Crippen molar-refractivity contribution in [2.75, 3.05) is 47.4 Å². The third-order valence-corrected chi connectivity index (χ3v) is 5.02. The summed E-state index contributed by atoms with van der Waals surface area (Å²) >= 11 is 0. The molecule has 0 amide bonds. The van der Waals surface area contributed by atoms with Crippen molar-refractivity contribution in [2.24, 2.45) is 0 Å². The van der Waals surface area contributed by atoms with E-state index in [9.17, 15) is 0 Å². The molecular weight excluding hydrogens is 326 g/mol. The average Bonchev–Trinajstić information content (AvgIpc) is 2.69. The largest absolute Gasteiger partial charge is 0.493 e. The third-order valence-electron chi connectivity index (χ3n) is 5.02. The maximum Gasteiger partial charge on any atom is 0.161 e. The Balaban J connectivity index is 1.54. The van der Waals surface area contributed by atoms with E-state index in [2.05, 4.69) is 35.1 Å². The number of piperidine rings is 1. The van der Waals surface area contributed by atoms with E-state index in [-0.39, 0.29) is 0 Å². The van der Waals surface area contributed by atoms with Crippen molar-refractivity contribution in [3.63, 3.8) is 0 Å². The average molecular weight is 354 g/mol. The van der Waals surface area contributed by atoms with Crippen LogP contribution in [0.15, 0.2) is 36.4 Å². The molecule has 1 aromatic carbocycles. The summed E-state index contributed by atoms with van der Waals surface area (Å²) < 4.78 is 11.5. The number of hydrogen-bond donors (Lipinski definition) is 0. The molecule has 1 saturated heterocycles. The molecule has 0 bridgehead atoms. The van der Waals surface area contributed by atoms with E-state index < -0.39 is 0 Å². The van der Waals surface area contributed by atoms with Crippen molar-refractivity contribution < 1.29 is 9.47 Å². The van der Waals surface area contributed by atoms with Gasteiger partial charge in [0.15, 0.2) is 11.5 Å². The fourth-order valence-corrected chi connectivity index (χ4v) is 3.38. The second kappa shape index (κ2) is 9.01.